The number of carbonyl (C=O) groups is 2. The number of benzene rings is 3. The fourth-order valence-electron chi connectivity index (χ4n) is 4.51. The molecule has 4 aromatic rings. The molecule has 1 saturated heterocycles. The Morgan fingerprint density at radius 2 is 1.83 bits per heavy atom. The summed E-state index contributed by atoms with van der Waals surface area (Å²) in [5.41, 5.74) is 1.76. The molecular weight excluding hydrogens is 597 g/mol. The van der Waals surface area contributed by atoms with E-state index in [-0.39, 0.29) is 22.3 Å². The normalized spacial score (nSPS) is 16.3. The SMILES string of the molecule is CCCCCOc1cccc(C2/C(=C(\O)c3ccc(Cl)cc3)C(=O)C(=O)N2c2nnc(SCc3ccc(F)cc3)s2)c1. The number of ketones is 1. The van der Waals surface area contributed by atoms with Crippen LogP contribution in [0, 0.1) is 5.82 Å². The van der Waals surface area contributed by atoms with Crippen molar-refractivity contribution >= 4 is 57.3 Å². The summed E-state index contributed by atoms with van der Waals surface area (Å²) in [6.07, 6.45) is 3.01. The van der Waals surface area contributed by atoms with Gasteiger partial charge in [-0.25, -0.2) is 4.39 Å². The van der Waals surface area contributed by atoms with Gasteiger partial charge < -0.3 is 9.84 Å². The Morgan fingerprint density at radius 1 is 1.07 bits per heavy atom. The average molecular weight is 624 g/mol. The zero-order valence-corrected chi connectivity index (χ0v) is 25.0. The number of halogens is 2. The molecule has 1 unspecified atom stereocenters. The summed E-state index contributed by atoms with van der Waals surface area (Å²) < 4.78 is 19.8. The van der Waals surface area contributed by atoms with Crippen LogP contribution in [-0.4, -0.2) is 33.6 Å². The largest absolute Gasteiger partial charge is 0.507 e. The van der Waals surface area contributed by atoms with E-state index in [1.807, 2.05) is 6.07 Å². The molecule has 1 aromatic heterocycles. The molecule has 0 spiro atoms. The van der Waals surface area contributed by atoms with Crippen molar-refractivity contribution in [2.75, 3.05) is 11.5 Å². The van der Waals surface area contributed by atoms with Crippen LogP contribution >= 0.6 is 34.7 Å². The van der Waals surface area contributed by atoms with Crippen molar-refractivity contribution in [2.24, 2.45) is 0 Å². The first-order valence-corrected chi connectivity index (χ1v) is 15.5. The second-order valence-electron chi connectivity index (χ2n) is 9.57. The van der Waals surface area contributed by atoms with Crippen molar-refractivity contribution in [1.29, 1.82) is 0 Å². The molecule has 7 nitrogen and oxygen atoms in total. The van der Waals surface area contributed by atoms with E-state index in [1.165, 1.54) is 28.8 Å². The molecule has 1 fully saturated rings. The lowest BCUT2D eigenvalue weighted by Gasteiger charge is -2.23. The molecule has 5 rings (SSSR count). The smallest absolute Gasteiger partial charge is 0.301 e. The number of amides is 1. The molecular formula is C31H27ClFN3O4S2. The summed E-state index contributed by atoms with van der Waals surface area (Å²) in [7, 11) is 0. The zero-order chi connectivity index (χ0) is 29.6. The second-order valence-corrected chi connectivity index (χ2v) is 12.2. The number of nitrogens with zero attached hydrogens (tertiary/aromatic N) is 3. The van der Waals surface area contributed by atoms with Crippen molar-refractivity contribution in [3.8, 4) is 5.75 Å². The lowest BCUT2D eigenvalue weighted by molar-refractivity contribution is -0.132. The maximum absolute atomic E-state index is 13.5. The summed E-state index contributed by atoms with van der Waals surface area (Å²) in [5, 5.41) is 20.5. The summed E-state index contributed by atoms with van der Waals surface area (Å²) >= 11 is 8.58. The van der Waals surface area contributed by atoms with E-state index in [9.17, 15) is 19.1 Å². The molecule has 1 amide bonds. The number of anilines is 1. The number of hydrogen-bond donors (Lipinski definition) is 1. The second kappa shape index (κ2) is 13.5. The van der Waals surface area contributed by atoms with Crippen LogP contribution < -0.4 is 9.64 Å². The molecule has 0 saturated carbocycles. The van der Waals surface area contributed by atoms with Gasteiger partial charge in [0.25, 0.3) is 5.78 Å². The minimum atomic E-state index is -0.970. The maximum Gasteiger partial charge on any atom is 0.301 e. The first kappa shape index (κ1) is 29.8. The van der Waals surface area contributed by atoms with Gasteiger partial charge in [0.05, 0.1) is 18.2 Å². The first-order chi connectivity index (χ1) is 20.4. The first-order valence-electron chi connectivity index (χ1n) is 13.4. The predicted octanol–water partition coefficient (Wildman–Crippen LogP) is 7.82. The minimum Gasteiger partial charge on any atom is -0.507 e. The molecule has 1 aliphatic heterocycles. The van der Waals surface area contributed by atoms with Crippen LogP contribution in [0.15, 0.2) is 82.7 Å². The van der Waals surface area contributed by atoms with Gasteiger partial charge in [-0.1, -0.05) is 78.7 Å². The van der Waals surface area contributed by atoms with E-state index in [4.69, 9.17) is 16.3 Å². The standard InChI is InChI=1S/C31H27ClFN3O4S2/c1-2-3-4-16-40-24-7-5-6-21(17-24)26-25(27(37)20-10-12-22(32)13-11-20)28(38)29(39)36(26)30-34-35-31(42-30)41-18-19-8-14-23(33)15-9-19/h5-15,17,26,37H,2-4,16,18H2,1H3/b27-25+. The maximum atomic E-state index is 13.5. The molecule has 216 valence electrons. The minimum absolute atomic E-state index is 0.0684. The third-order valence-electron chi connectivity index (χ3n) is 6.63. The Kier molecular flexibility index (Phi) is 9.56. The lowest BCUT2D eigenvalue weighted by Crippen LogP contribution is -2.29. The zero-order valence-electron chi connectivity index (χ0n) is 22.6. The van der Waals surface area contributed by atoms with Gasteiger partial charge in [0.2, 0.25) is 5.13 Å². The number of hydrogen-bond acceptors (Lipinski definition) is 8. The van der Waals surface area contributed by atoms with Crippen LogP contribution in [-0.2, 0) is 15.3 Å². The molecule has 11 heteroatoms. The highest BCUT2D eigenvalue weighted by atomic mass is 35.5. The predicted molar refractivity (Wildman–Crippen MR) is 164 cm³/mol. The highest BCUT2D eigenvalue weighted by Gasteiger charge is 2.48. The van der Waals surface area contributed by atoms with Crippen molar-refractivity contribution in [2.45, 2.75) is 42.3 Å². The molecule has 1 N–H and O–H groups in total. The molecule has 1 atom stereocenters. The van der Waals surface area contributed by atoms with Crippen molar-refractivity contribution in [1.82, 2.24) is 10.2 Å². The van der Waals surface area contributed by atoms with Crippen molar-refractivity contribution in [3.05, 3.63) is 106 Å². The fraction of sp³-hybridized carbons (Fsp3) is 0.226. The van der Waals surface area contributed by atoms with Crippen LogP contribution in [0.5, 0.6) is 5.75 Å². The fourth-order valence-corrected chi connectivity index (χ4v) is 6.46. The van der Waals surface area contributed by atoms with Crippen molar-refractivity contribution in [3.63, 3.8) is 0 Å². The number of aliphatic hydroxyl groups excluding tert-OH is 1. The lowest BCUT2D eigenvalue weighted by atomic mass is 9.95. The van der Waals surface area contributed by atoms with Crippen LogP contribution in [0.1, 0.15) is 48.9 Å². The molecule has 0 aliphatic carbocycles. The Labute approximate surface area is 256 Å². The number of Topliss-reactive ketones (excluding diaryl/α,β-unsaturated/α-hetero) is 1. The number of unbranched alkanes of at least 4 members (excludes halogenated alkanes) is 2. The number of rotatable bonds is 11. The number of aromatic nitrogens is 2. The Morgan fingerprint density at radius 3 is 2.57 bits per heavy atom. The summed E-state index contributed by atoms with van der Waals surface area (Å²) in [6, 6.07) is 18.7. The number of ether oxygens (including phenoxy) is 1. The number of thioether (sulfide) groups is 1. The Balaban J connectivity index is 1.51. The highest BCUT2D eigenvalue weighted by Crippen LogP contribution is 2.44. The topological polar surface area (TPSA) is 92.6 Å². The van der Waals surface area contributed by atoms with Gasteiger partial charge in [-0.15, -0.1) is 10.2 Å². The quantitative estimate of drug-likeness (QED) is 0.0455. The molecule has 0 bridgehead atoms. The van der Waals surface area contributed by atoms with Crippen LogP contribution in [0.2, 0.25) is 5.02 Å². The van der Waals surface area contributed by atoms with Crippen LogP contribution in [0.25, 0.3) is 5.76 Å². The van der Waals surface area contributed by atoms with E-state index in [2.05, 4.69) is 17.1 Å². The van der Waals surface area contributed by atoms with Gasteiger partial charge in [0.1, 0.15) is 17.3 Å². The molecule has 42 heavy (non-hydrogen) atoms. The van der Waals surface area contributed by atoms with Gasteiger partial charge >= 0.3 is 5.91 Å². The summed E-state index contributed by atoms with van der Waals surface area (Å²) in [4.78, 5) is 28.3. The monoisotopic (exact) mass is 623 g/mol. The van der Waals surface area contributed by atoms with Gasteiger partial charge in [-0.3, -0.25) is 14.5 Å². The summed E-state index contributed by atoms with van der Waals surface area (Å²) in [6.45, 7) is 2.65. The third-order valence-corrected chi connectivity index (χ3v) is 9.01. The van der Waals surface area contributed by atoms with Gasteiger partial charge in [-0.2, -0.15) is 0 Å². The molecule has 3 aromatic carbocycles. The highest BCUT2D eigenvalue weighted by molar-refractivity contribution is 8.00. The van der Waals surface area contributed by atoms with Crippen molar-refractivity contribution < 1.29 is 23.8 Å². The van der Waals surface area contributed by atoms with E-state index in [0.717, 1.165) is 36.2 Å². The molecule has 2 heterocycles. The Bertz CT molecular complexity index is 1610. The van der Waals surface area contributed by atoms with Crippen LogP contribution in [0.3, 0.4) is 0 Å². The summed E-state index contributed by atoms with van der Waals surface area (Å²) in [5.74, 6) is -1.18. The third kappa shape index (κ3) is 6.67. The van der Waals surface area contributed by atoms with Crippen LogP contribution in [0.4, 0.5) is 9.52 Å². The Hall–Kier alpha value is -3.73. The van der Waals surface area contributed by atoms with E-state index >= 15 is 0 Å². The van der Waals surface area contributed by atoms with E-state index in [1.54, 1.807) is 54.6 Å². The number of aliphatic hydroxyl groups is 1. The van der Waals surface area contributed by atoms with Gasteiger partial charge in [0.15, 0.2) is 4.34 Å². The van der Waals surface area contributed by atoms with Gasteiger partial charge in [0, 0.05) is 16.3 Å². The van der Waals surface area contributed by atoms with E-state index < -0.39 is 17.7 Å². The van der Waals surface area contributed by atoms with E-state index in [0.29, 0.717) is 38.6 Å². The molecule has 1 aliphatic rings. The van der Waals surface area contributed by atoms with Gasteiger partial charge in [-0.05, 0) is 66.1 Å². The molecule has 0 radical (unpaired) electrons. The average Bonchev–Trinajstić information content (AvgIpc) is 3.57. The number of carbonyl (C=O) groups excluding carboxylic acids is 2.